The van der Waals surface area contributed by atoms with Crippen LogP contribution in [0, 0.1) is 5.41 Å². The summed E-state index contributed by atoms with van der Waals surface area (Å²) >= 11 is 0. The first kappa shape index (κ1) is 18.7. The van der Waals surface area contributed by atoms with Gasteiger partial charge in [0.05, 0.1) is 22.6 Å². The zero-order valence-electron chi connectivity index (χ0n) is 16.6. The van der Waals surface area contributed by atoms with Gasteiger partial charge in [0.1, 0.15) is 0 Å². The Bertz CT molecular complexity index is 1010. The van der Waals surface area contributed by atoms with Crippen LogP contribution in [0.5, 0.6) is 0 Å². The van der Waals surface area contributed by atoms with Gasteiger partial charge in [-0.2, -0.15) is 0 Å². The second-order valence-corrected chi connectivity index (χ2v) is 8.35. The molecule has 1 atom stereocenters. The Morgan fingerprint density at radius 2 is 1.96 bits per heavy atom. The minimum absolute atomic E-state index is 0.101. The molecule has 2 aliphatic heterocycles. The van der Waals surface area contributed by atoms with Crippen LogP contribution in [0.25, 0.3) is 10.9 Å². The van der Waals surface area contributed by atoms with Gasteiger partial charge in [0.25, 0.3) is 11.5 Å². The molecule has 28 heavy (non-hydrogen) atoms. The Morgan fingerprint density at radius 3 is 2.71 bits per heavy atom. The monoisotopic (exact) mass is 382 g/mol. The van der Waals surface area contributed by atoms with Crippen LogP contribution in [0.4, 0.5) is 0 Å². The lowest BCUT2D eigenvalue weighted by atomic mass is 9.78. The van der Waals surface area contributed by atoms with E-state index in [9.17, 15) is 14.4 Å². The number of aryl methyl sites for hydroxylation is 1. The van der Waals surface area contributed by atoms with Crippen molar-refractivity contribution in [1.29, 1.82) is 0 Å². The molecular weight excluding hydrogens is 356 g/mol. The topological polar surface area (TPSA) is 75.5 Å². The second-order valence-electron chi connectivity index (χ2n) is 8.35. The molecular formula is C21H26N4O3. The maximum Gasteiger partial charge on any atom is 0.260 e. The number of amides is 2. The Morgan fingerprint density at radius 1 is 1.18 bits per heavy atom. The third-order valence-corrected chi connectivity index (χ3v) is 6.20. The van der Waals surface area contributed by atoms with Crippen LogP contribution in [0.2, 0.25) is 0 Å². The fraction of sp³-hybridized carbons (Fsp3) is 0.524. The molecule has 1 unspecified atom stereocenters. The van der Waals surface area contributed by atoms with Crippen molar-refractivity contribution in [3.05, 3.63) is 40.4 Å². The fourth-order valence-electron chi connectivity index (χ4n) is 4.54. The molecule has 1 spiro atoms. The van der Waals surface area contributed by atoms with E-state index >= 15 is 0 Å². The molecule has 148 valence electrons. The van der Waals surface area contributed by atoms with Crippen molar-refractivity contribution in [1.82, 2.24) is 19.4 Å². The van der Waals surface area contributed by atoms with E-state index in [2.05, 4.69) is 4.98 Å². The number of hydrogen-bond acceptors (Lipinski definition) is 4. The highest BCUT2D eigenvalue weighted by atomic mass is 16.2. The number of rotatable bonds is 2. The SMILES string of the molecule is CC(C)N1CCCC2(CCN(C(=O)c3ccc4c(=O)n(C)cnc4c3)C2)C1=O. The lowest BCUT2D eigenvalue weighted by Crippen LogP contribution is -2.52. The van der Waals surface area contributed by atoms with Gasteiger partial charge < -0.3 is 14.4 Å². The van der Waals surface area contributed by atoms with Gasteiger partial charge in [0.2, 0.25) is 5.91 Å². The number of benzene rings is 1. The first-order valence-corrected chi connectivity index (χ1v) is 9.88. The zero-order chi connectivity index (χ0) is 20.1. The van der Waals surface area contributed by atoms with Gasteiger partial charge in [-0.25, -0.2) is 4.98 Å². The summed E-state index contributed by atoms with van der Waals surface area (Å²) in [5, 5.41) is 0.495. The summed E-state index contributed by atoms with van der Waals surface area (Å²) in [6.07, 6.45) is 4.00. The standard InChI is InChI=1S/C21H26N4O3/c1-14(2)25-9-4-7-21(20(25)28)8-10-24(12-21)18(26)15-5-6-16-17(11-15)22-13-23(3)19(16)27/h5-6,11,13-14H,4,7-10,12H2,1-3H3. The molecule has 3 heterocycles. The molecule has 2 fully saturated rings. The number of hydrogen-bond donors (Lipinski definition) is 0. The Balaban J connectivity index is 1.58. The quantitative estimate of drug-likeness (QED) is 0.794. The molecule has 1 aromatic heterocycles. The normalized spacial score (nSPS) is 22.6. The minimum Gasteiger partial charge on any atom is -0.340 e. The minimum atomic E-state index is -0.441. The molecule has 7 heteroatoms. The van der Waals surface area contributed by atoms with Crippen LogP contribution in [-0.4, -0.2) is 56.8 Å². The number of carbonyl (C=O) groups excluding carboxylic acids is 2. The summed E-state index contributed by atoms with van der Waals surface area (Å²) in [6, 6.07) is 5.20. The van der Waals surface area contributed by atoms with E-state index in [-0.39, 0.29) is 23.4 Å². The summed E-state index contributed by atoms with van der Waals surface area (Å²) in [5.74, 6) is 0.0865. The van der Waals surface area contributed by atoms with Gasteiger partial charge >= 0.3 is 0 Å². The third kappa shape index (κ3) is 2.89. The summed E-state index contributed by atoms with van der Waals surface area (Å²) in [4.78, 5) is 46.3. The number of aromatic nitrogens is 2. The van der Waals surface area contributed by atoms with Gasteiger partial charge in [-0.3, -0.25) is 14.4 Å². The van der Waals surface area contributed by atoms with Crippen LogP contribution in [0.1, 0.15) is 43.5 Å². The van der Waals surface area contributed by atoms with Crippen LogP contribution in [0.3, 0.4) is 0 Å². The molecule has 2 aromatic rings. The highest BCUT2D eigenvalue weighted by molar-refractivity contribution is 5.98. The van der Waals surface area contributed by atoms with E-state index in [1.807, 2.05) is 18.7 Å². The van der Waals surface area contributed by atoms with Crippen LogP contribution >= 0.6 is 0 Å². The summed E-state index contributed by atoms with van der Waals surface area (Å²) in [5.41, 5.74) is 0.450. The lowest BCUT2D eigenvalue weighted by Gasteiger charge is -2.41. The summed E-state index contributed by atoms with van der Waals surface area (Å²) in [7, 11) is 1.65. The van der Waals surface area contributed by atoms with Crippen LogP contribution in [-0.2, 0) is 11.8 Å². The molecule has 0 aliphatic carbocycles. The van der Waals surface area contributed by atoms with Crippen LogP contribution in [0.15, 0.2) is 29.3 Å². The average molecular weight is 382 g/mol. The molecule has 0 bridgehead atoms. The van der Waals surface area contributed by atoms with Crippen molar-refractivity contribution in [3.8, 4) is 0 Å². The first-order valence-electron chi connectivity index (χ1n) is 9.88. The Labute approximate surface area is 163 Å². The molecule has 2 amide bonds. The van der Waals surface area contributed by atoms with Gasteiger partial charge in [-0.05, 0) is 51.3 Å². The smallest absolute Gasteiger partial charge is 0.260 e. The lowest BCUT2D eigenvalue weighted by molar-refractivity contribution is -0.147. The van der Waals surface area contributed by atoms with Crippen molar-refractivity contribution in [2.24, 2.45) is 12.5 Å². The van der Waals surface area contributed by atoms with Crippen LogP contribution < -0.4 is 5.56 Å². The molecule has 0 saturated carbocycles. The first-order chi connectivity index (χ1) is 13.3. The van der Waals surface area contributed by atoms with Gasteiger partial charge in [0.15, 0.2) is 0 Å². The average Bonchev–Trinajstić information content (AvgIpc) is 3.11. The Kier molecular flexibility index (Phi) is 4.48. The summed E-state index contributed by atoms with van der Waals surface area (Å²) in [6.45, 7) is 5.94. The van der Waals surface area contributed by atoms with E-state index in [1.165, 1.54) is 10.9 Å². The van der Waals surface area contributed by atoms with E-state index in [1.54, 1.807) is 30.1 Å². The number of carbonyl (C=O) groups is 2. The van der Waals surface area contributed by atoms with Crippen molar-refractivity contribution in [2.75, 3.05) is 19.6 Å². The van der Waals surface area contributed by atoms with Crippen molar-refractivity contribution in [2.45, 2.75) is 39.2 Å². The maximum atomic E-state index is 13.1. The van der Waals surface area contributed by atoms with E-state index in [0.717, 1.165) is 19.4 Å². The van der Waals surface area contributed by atoms with Crippen molar-refractivity contribution < 1.29 is 9.59 Å². The number of likely N-dealkylation sites (tertiary alicyclic amines) is 2. The predicted octanol–water partition coefficient (Wildman–Crippen LogP) is 1.80. The van der Waals surface area contributed by atoms with E-state index < -0.39 is 5.41 Å². The molecule has 0 radical (unpaired) electrons. The second kappa shape index (κ2) is 6.72. The van der Waals surface area contributed by atoms with Gasteiger partial charge in [0, 0.05) is 38.3 Å². The molecule has 2 saturated heterocycles. The third-order valence-electron chi connectivity index (χ3n) is 6.20. The maximum absolute atomic E-state index is 13.1. The number of piperidine rings is 1. The molecule has 0 N–H and O–H groups in total. The van der Waals surface area contributed by atoms with Crippen molar-refractivity contribution >= 4 is 22.7 Å². The molecule has 1 aromatic carbocycles. The number of nitrogens with zero attached hydrogens (tertiary/aromatic N) is 4. The predicted molar refractivity (Wildman–Crippen MR) is 106 cm³/mol. The van der Waals surface area contributed by atoms with Crippen molar-refractivity contribution in [3.63, 3.8) is 0 Å². The van der Waals surface area contributed by atoms with Gasteiger partial charge in [-0.15, -0.1) is 0 Å². The summed E-state index contributed by atoms with van der Waals surface area (Å²) < 4.78 is 1.42. The van der Waals surface area contributed by atoms with E-state index in [4.69, 9.17) is 0 Å². The van der Waals surface area contributed by atoms with E-state index in [0.29, 0.717) is 36.0 Å². The zero-order valence-corrected chi connectivity index (χ0v) is 16.6. The molecule has 7 nitrogen and oxygen atoms in total. The highest BCUT2D eigenvalue weighted by Crippen LogP contribution is 2.41. The molecule has 4 rings (SSSR count). The molecule has 2 aliphatic rings. The number of fused-ring (bicyclic) bond motifs is 1. The fourth-order valence-corrected chi connectivity index (χ4v) is 4.54. The Hall–Kier alpha value is -2.70. The highest BCUT2D eigenvalue weighted by Gasteiger charge is 2.49. The van der Waals surface area contributed by atoms with Gasteiger partial charge in [-0.1, -0.05) is 0 Å². The largest absolute Gasteiger partial charge is 0.340 e.